The molecule has 2 nitrogen and oxygen atoms in total. The van der Waals surface area contributed by atoms with Crippen LogP contribution >= 0.6 is 0 Å². The maximum atomic E-state index is 3.39. The van der Waals surface area contributed by atoms with Crippen molar-refractivity contribution >= 4 is 17.6 Å². The van der Waals surface area contributed by atoms with E-state index in [-0.39, 0.29) is 17.6 Å². The predicted molar refractivity (Wildman–Crippen MR) is 55.8 cm³/mol. The molecule has 0 saturated heterocycles. The van der Waals surface area contributed by atoms with Crippen LogP contribution in [0.5, 0.6) is 0 Å². The second-order valence-corrected chi connectivity index (χ2v) is 8.98. The number of hydrogen-bond acceptors (Lipinski definition) is 2. The molecule has 0 bridgehead atoms. The van der Waals surface area contributed by atoms with Gasteiger partial charge in [0.1, 0.15) is 0 Å². The van der Waals surface area contributed by atoms with Gasteiger partial charge >= 0.3 is 0 Å². The van der Waals surface area contributed by atoms with Crippen molar-refractivity contribution in [3.8, 4) is 0 Å². The van der Waals surface area contributed by atoms with Crippen LogP contribution in [0.15, 0.2) is 0 Å². The highest BCUT2D eigenvalue weighted by molar-refractivity contribution is 6.56. The highest BCUT2D eigenvalue weighted by Crippen LogP contribution is 1.75. The zero-order chi connectivity index (χ0) is 8.69. The molecule has 0 aromatic rings. The van der Waals surface area contributed by atoms with Crippen LogP contribution in [0.1, 0.15) is 0 Å². The van der Waals surface area contributed by atoms with Gasteiger partial charge in [-0.3, -0.25) is 0 Å². The minimum atomic E-state index is -0.0779. The summed E-state index contributed by atoms with van der Waals surface area (Å²) >= 11 is 0. The Balaban J connectivity index is 2.91. The molecular formula is C7H20N2Si2. The summed E-state index contributed by atoms with van der Waals surface area (Å²) in [6, 6.07) is 0. The summed E-state index contributed by atoms with van der Waals surface area (Å²) in [7, 11) is -0.156. The van der Waals surface area contributed by atoms with Gasteiger partial charge in [0.15, 0.2) is 0 Å². The third kappa shape index (κ3) is 10.4. The molecule has 0 saturated carbocycles. The maximum absolute atomic E-state index is 3.39. The summed E-state index contributed by atoms with van der Waals surface area (Å²) in [4.78, 5) is 0. The lowest BCUT2D eigenvalue weighted by atomic mass is 11.0. The Hall–Kier alpha value is 0.354. The van der Waals surface area contributed by atoms with Gasteiger partial charge in [0.2, 0.25) is 0 Å². The van der Waals surface area contributed by atoms with Gasteiger partial charge in [-0.2, -0.15) is 0 Å². The Bertz CT molecular complexity index is 76.5. The van der Waals surface area contributed by atoms with E-state index in [4.69, 9.17) is 0 Å². The van der Waals surface area contributed by atoms with Gasteiger partial charge in [-0.15, -0.1) is 0 Å². The average Bonchev–Trinajstić information content (AvgIpc) is 1.85. The number of hydrogen-bond donors (Lipinski definition) is 2. The fraction of sp³-hybridized carbons (Fsp3) is 1.00. The topological polar surface area (TPSA) is 24.1 Å². The molecule has 0 fully saturated rings. The minimum absolute atomic E-state index is 0.0779. The van der Waals surface area contributed by atoms with E-state index in [0.29, 0.717) is 0 Å². The lowest BCUT2D eigenvalue weighted by Gasteiger charge is -2.08. The van der Waals surface area contributed by atoms with Gasteiger partial charge in [-0.05, 0) is 12.3 Å². The molecule has 11 heavy (non-hydrogen) atoms. The summed E-state index contributed by atoms with van der Waals surface area (Å²) in [5.41, 5.74) is 0. The van der Waals surface area contributed by atoms with Crippen molar-refractivity contribution in [2.24, 2.45) is 0 Å². The van der Waals surface area contributed by atoms with Crippen LogP contribution in [0.2, 0.25) is 26.2 Å². The summed E-state index contributed by atoms with van der Waals surface area (Å²) in [5, 5.41) is 6.78. The van der Waals surface area contributed by atoms with Crippen molar-refractivity contribution in [3.05, 3.63) is 0 Å². The van der Waals surface area contributed by atoms with Crippen LogP contribution in [0.4, 0.5) is 0 Å². The van der Waals surface area contributed by atoms with Gasteiger partial charge in [0.05, 0.1) is 17.6 Å². The van der Waals surface area contributed by atoms with Crippen molar-refractivity contribution < 1.29 is 0 Å². The lowest BCUT2D eigenvalue weighted by Crippen LogP contribution is -2.37. The fourth-order valence-electron chi connectivity index (χ4n) is 0.713. The van der Waals surface area contributed by atoms with Crippen molar-refractivity contribution in [1.29, 1.82) is 0 Å². The zero-order valence-corrected chi connectivity index (χ0v) is 10.1. The highest BCUT2D eigenvalue weighted by atomic mass is 28.3. The Morgan fingerprint density at radius 2 is 1.18 bits per heavy atom. The SMILES string of the molecule is C[Si](C)CNCNC[Si](C)C. The van der Waals surface area contributed by atoms with Gasteiger partial charge in [0, 0.05) is 6.67 Å². The standard InChI is InChI=1S/C7H20N2Si2/c1-10(2)6-8-5-9-7-11(3)4/h8-9H,5-7H2,1-4H3. The molecule has 0 aliphatic rings. The number of rotatable bonds is 6. The first-order chi connectivity index (χ1) is 5.13. The molecule has 0 aromatic carbocycles. The Morgan fingerprint density at radius 3 is 1.45 bits per heavy atom. The van der Waals surface area contributed by atoms with E-state index in [2.05, 4.69) is 36.8 Å². The summed E-state index contributed by atoms with van der Waals surface area (Å²) in [6.07, 6.45) is 2.43. The van der Waals surface area contributed by atoms with Crippen LogP contribution in [-0.2, 0) is 0 Å². The zero-order valence-electron chi connectivity index (χ0n) is 8.12. The largest absolute Gasteiger partial charge is 0.308 e. The molecule has 0 aliphatic carbocycles. The molecule has 0 spiro atoms. The molecule has 0 aliphatic heterocycles. The number of nitrogens with one attached hydrogen (secondary N) is 2. The summed E-state index contributed by atoms with van der Waals surface area (Å²) in [6.45, 7) is 10.3. The van der Waals surface area contributed by atoms with E-state index in [0.717, 1.165) is 6.67 Å². The smallest absolute Gasteiger partial charge is 0.0582 e. The van der Waals surface area contributed by atoms with E-state index in [9.17, 15) is 0 Å². The van der Waals surface area contributed by atoms with E-state index in [1.807, 2.05) is 0 Å². The predicted octanol–water partition coefficient (Wildman–Crippen LogP) is 0.710. The fourth-order valence-corrected chi connectivity index (χ4v) is 1.96. The monoisotopic (exact) mass is 188 g/mol. The van der Waals surface area contributed by atoms with E-state index in [1.54, 1.807) is 0 Å². The molecule has 0 heterocycles. The molecule has 0 amide bonds. The second-order valence-electron chi connectivity index (χ2n) is 3.44. The summed E-state index contributed by atoms with van der Waals surface area (Å²) in [5.74, 6) is 0. The lowest BCUT2D eigenvalue weighted by molar-refractivity contribution is 0.670. The van der Waals surface area contributed by atoms with Crippen LogP contribution < -0.4 is 10.6 Å². The van der Waals surface area contributed by atoms with Crippen molar-refractivity contribution in [2.45, 2.75) is 26.2 Å². The Labute approximate surface area is 74.0 Å². The van der Waals surface area contributed by atoms with Gasteiger partial charge in [-0.1, -0.05) is 26.2 Å². The maximum Gasteiger partial charge on any atom is 0.0582 e. The third-order valence-corrected chi connectivity index (χ3v) is 3.12. The minimum Gasteiger partial charge on any atom is -0.308 e. The average molecular weight is 188 g/mol. The van der Waals surface area contributed by atoms with E-state index in [1.165, 1.54) is 12.3 Å². The molecule has 0 unspecified atom stereocenters. The molecule has 0 aromatic heterocycles. The summed E-state index contributed by atoms with van der Waals surface area (Å²) < 4.78 is 0. The van der Waals surface area contributed by atoms with Crippen LogP contribution in [0.3, 0.4) is 0 Å². The Morgan fingerprint density at radius 1 is 0.818 bits per heavy atom. The molecule has 2 radical (unpaired) electrons. The van der Waals surface area contributed by atoms with Gasteiger partial charge in [0.25, 0.3) is 0 Å². The first-order valence-corrected chi connectivity index (χ1v) is 9.54. The molecule has 2 N–H and O–H groups in total. The van der Waals surface area contributed by atoms with Gasteiger partial charge in [-0.25, -0.2) is 0 Å². The molecule has 0 atom stereocenters. The van der Waals surface area contributed by atoms with Crippen LogP contribution in [-0.4, -0.2) is 36.6 Å². The van der Waals surface area contributed by atoms with E-state index < -0.39 is 0 Å². The first-order valence-electron chi connectivity index (χ1n) is 4.12. The van der Waals surface area contributed by atoms with Crippen molar-refractivity contribution in [2.75, 3.05) is 19.0 Å². The third-order valence-electron chi connectivity index (χ3n) is 1.21. The molecule has 66 valence electrons. The Kier molecular flexibility index (Phi) is 7.25. The van der Waals surface area contributed by atoms with Gasteiger partial charge < -0.3 is 10.6 Å². The van der Waals surface area contributed by atoms with Crippen molar-refractivity contribution in [3.63, 3.8) is 0 Å². The quantitative estimate of drug-likeness (QED) is 0.364. The van der Waals surface area contributed by atoms with Crippen LogP contribution in [0, 0.1) is 0 Å². The van der Waals surface area contributed by atoms with E-state index >= 15 is 0 Å². The second kappa shape index (κ2) is 7.03. The first kappa shape index (κ1) is 11.4. The van der Waals surface area contributed by atoms with Crippen LogP contribution in [0.25, 0.3) is 0 Å². The normalized spacial score (nSPS) is 11.5. The highest BCUT2D eigenvalue weighted by Gasteiger charge is 1.95. The van der Waals surface area contributed by atoms with Crippen molar-refractivity contribution in [1.82, 2.24) is 10.6 Å². The molecule has 4 heteroatoms. The molecule has 0 rings (SSSR count). The molecular weight excluding hydrogens is 168 g/mol.